The molecule has 5 nitrogen and oxygen atoms in total. The molecule has 0 spiro atoms. The molecule has 1 heterocycles. The lowest BCUT2D eigenvalue weighted by molar-refractivity contribution is 0.0697. The van der Waals surface area contributed by atoms with Crippen molar-refractivity contribution in [2.45, 2.75) is 6.92 Å². The summed E-state index contributed by atoms with van der Waals surface area (Å²) in [6.07, 6.45) is 1.63. The first-order valence-corrected chi connectivity index (χ1v) is 7.65. The molecule has 0 atom stereocenters. The van der Waals surface area contributed by atoms with E-state index in [1.807, 2.05) is 25.1 Å². The molecule has 25 heavy (non-hydrogen) atoms. The van der Waals surface area contributed by atoms with Gasteiger partial charge in [-0.3, -0.25) is 4.79 Å². The van der Waals surface area contributed by atoms with Gasteiger partial charge in [0.05, 0.1) is 16.5 Å². The van der Waals surface area contributed by atoms with Crippen molar-refractivity contribution in [2.24, 2.45) is 0 Å². The lowest BCUT2D eigenvalue weighted by Gasteiger charge is -2.11. The van der Waals surface area contributed by atoms with Gasteiger partial charge in [-0.05, 0) is 37.3 Å². The van der Waals surface area contributed by atoms with Crippen LogP contribution in [-0.2, 0) is 0 Å². The summed E-state index contributed by atoms with van der Waals surface area (Å²) >= 11 is 0. The molecule has 126 valence electrons. The monoisotopic (exact) mass is 336 g/mol. The van der Waals surface area contributed by atoms with Crippen molar-refractivity contribution in [1.82, 2.24) is 0 Å². The second kappa shape index (κ2) is 6.65. The molecule has 0 aliphatic rings. The summed E-state index contributed by atoms with van der Waals surface area (Å²) in [5.74, 6) is -0.150. The van der Waals surface area contributed by atoms with E-state index in [-0.39, 0.29) is 16.4 Å². The fourth-order valence-corrected chi connectivity index (χ4v) is 2.53. The number of rotatable bonds is 5. The molecule has 0 unspecified atom stereocenters. The summed E-state index contributed by atoms with van der Waals surface area (Å²) in [5.41, 5.74) is 1.70. The zero-order valence-corrected chi connectivity index (χ0v) is 13.6. The highest BCUT2D eigenvalue weighted by Gasteiger charge is 2.14. The van der Waals surface area contributed by atoms with Gasteiger partial charge in [-0.2, -0.15) is 0 Å². The van der Waals surface area contributed by atoms with Gasteiger partial charge in [0, 0.05) is 6.07 Å². The number of aromatic carboxylic acids is 1. The van der Waals surface area contributed by atoms with Crippen LogP contribution in [0, 0.1) is 6.92 Å². The highest BCUT2D eigenvalue weighted by atomic mass is 16.5. The van der Waals surface area contributed by atoms with Crippen LogP contribution < -0.4 is 10.2 Å². The molecule has 1 N–H and O–H groups in total. The van der Waals surface area contributed by atoms with Crippen LogP contribution in [-0.4, -0.2) is 17.7 Å². The van der Waals surface area contributed by atoms with Crippen LogP contribution in [0.3, 0.4) is 0 Å². The first-order chi connectivity index (χ1) is 12.0. The Labute approximate surface area is 143 Å². The van der Waals surface area contributed by atoms with E-state index in [0.29, 0.717) is 29.3 Å². The van der Waals surface area contributed by atoms with Gasteiger partial charge in [-0.15, -0.1) is 0 Å². The van der Waals surface area contributed by atoms with Gasteiger partial charge in [-0.25, -0.2) is 4.79 Å². The molecule has 1 aromatic heterocycles. The lowest BCUT2D eigenvalue weighted by Crippen LogP contribution is -2.04. The summed E-state index contributed by atoms with van der Waals surface area (Å²) < 4.78 is 11.5. The highest BCUT2D eigenvalue weighted by molar-refractivity contribution is 5.93. The molecule has 0 fully saturated rings. The summed E-state index contributed by atoms with van der Waals surface area (Å²) in [4.78, 5) is 23.5. The van der Waals surface area contributed by atoms with Gasteiger partial charge in [-0.1, -0.05) is 24.3 Å². The molecule has 0 saturated heterocycles. The maximum Gasteiger partial charge on any atom is 0.335 e. The van der Waals surface area contributed by atoms with E-state index in [1.165, 1.54) is 24.3 Å². The molecule has 0 amide bonds. The number of ether oxygens (including phenoxy) is 1. The number of hydrogen-bond donors (Lipinski definition) is 1. The Balaban J connectivity index is 2.18. The predicted molar refractivity (Wildman–Crippen MR) is 95.3 cm³/mol. The van der Waals surface area contributed by atoms with E-state index in [1.54, 1.807) is 6.08 Å². The molecular weight excluding hydrogens is 320 g/mol. The van der Waals surface area contributed by atoms with Crippen LogP contribution in [0.4, 0.5) is 0 Å². The van der Waals surface area contributed by atoms with Crippen LogP contribution in [0.5, 0.6) is 5.75 Å². The van der Waals surface area contributed by atoms with Crippen molar-refractivity contribution in [1.29, 1.82) is 0 Å². The Morgan fingerprint density at radius 1 is 1.24 bits per heavy atom. The molecule has 0 radical (unpaired) electrons. The minimum atomic E-state index is -1.09. The van der Waals surface area contributed by atoms with Crippen molar-refractivity contribution >= 4 is 16.9 Å². The number of carboxylic acid groups (broad SMARTS) is 1. The summed E-state index contributed by atoms with van der Waals surface area (Å²) in [6, 6.07) is 11.1. The number of fused-ring (bicyclic) bond motifs is 1. The second-order valence-corrected chi connectivity index (χ2v) is 5.59. The van der Waals surface area contributed by atoms with Gasteiger partial charge in [0.1, 0.15) is 23.7 Å². The fourth-order valence-electron chi connectivity index (χ4n) is 2.53. The molecule has 0 saturated carbocycles. The maximum absolute atomic E-state index is 12.4. The van der Waals surface area contributed by atoms with E-state index in [9.17, 15) is 9.59 Å². The molecule has 0 aliphatic carbocycles. The predicted octanol–water partition coefficient (Wildman–Crippen LogP) is 4.03. The van der Waals surface area contributed by atoms with E-state index in [0.717, 1.165) is 5.56 Å². The summed E-state index contributed by atoms with van der Waals surface area (Å²) in [7, 11) is 0. The molecule has 0 aliphatic heterocycles. The van der Waals surface area contributed by atoms with E-state index in [4.69, 9.17) is 14.3 Å². The van der Waals surface area contributed by atoms with Crippen molar-refractivity contribution in [2.75, 3.05) is 6.61 Å². The number of carbonyl (C=O) groups is 1. The molecular formula is C20H16O5. The normalized spacial score (nSPS) is 10.6. The van der Waals surface area contributed by atoms with Crippen molar-refractivity contribution in [3.05, 3.63) is 76.5 Å². The maximum atomic E-state index is 12.4. The molecule has 2 aromatic carbocycles. The number of hydrogen-bond acceptors (Lipinski definition) is 4. The smallest absolute Gasteiger partial charge is 0.335 e. The Hall–Kier alpha value is -3.34. The Morgan fingerprint density at radius 3 is 2.76 bits per heavy atom. The first-order valence-electron chi connectivity index (χ1n) is 7.65. The lowest BCUT2D eigenvalue weighted by atomic mass is 10.1. The van der Waals surface area contributed by atoms with E-state index in [2.05, 4.69) is 6.58 Å². The minimum absolute atomic E-state index is 0.0399. The van der Waals surface area contributed by atoms with Crippen LogP contribution >= 0.6 is 0 Å². The third-order valence-electron chi connectivity index (χ3n) is 3.73. The van der Waals surface area contributed by atoms with Crippen LogP contribution in [0.25, 0.3) is 22.3 Å². The van der Waals surface area contributed by atoms with Crippen LogP contribution in [0.1, 0.15) is 15.9 Å². The second-order valence-electron chi connectivity index (χ2n) is 5.59. The largest absolute Gasteiger partial charge is 0.489 e. The van der Waals surface area contributed by atoms with Crippen molar-refractivity contribution < 1.29 is 19.1 Å². The molecule has 3 rings (SSSR count). The number of aryl methyl sites for hydroxylation is 1. The quantitative estimate of drug-likeness (QED) is 0.712. The minimum Gasteiger partial charge on any atom is -0.489 e. The standard InChI is InChI=1S/C20H16O5/c1-3-8-24-17-6-4-12(2)9-15(17)19-11-16(21)14-10-13(20(22)23)5-7-18(14)25-19/h3-7,9-11H,1,8H2,2H3,(H,22,23). The fraction of sp³-hybridized carbons (Fsp3) is 0.100. The van der Waals surface area contributed by atoms with Gasteiger partial charge >= 0.3 is 5.97 Å². The molecule has 5 heteroatoms. The molecule has 0 bridgehead atoms. The van der Waals surface area contributed by atoms with Crippen LogP contribution in [0.2, 0.25) is 0 Å². The average molecular weight is 336 g/mol. The topological polar surface area (TPSA) is 76.7 Å². The van der Waals surface area contributed by atoms with Gasteiger partial charge in [0.25, 0.3) is 0 Å². The van der Waals surface area contributed by atoms with Gasteiger partial charge in [0.2, 0.25) is 0 Å². The Morgan fingerprint density at radius 2 is 2.04 bits per heavy atom. The first kappa shape index (κ1) is 16.5. The van der Waals surface area contributed by atoms with Crippen LogP contribution in [0.15, 0.2) is 64.3 Å². The number of carboxylic acids is 1. The third-order valence-corrected chi connectivity index (χ3v) is 3.73. The van der Waals surface area contributed by atoms with Gasteiger partial charge in [0.15, 0.2) is 5.43 Å². The number of benzene rings is 2. The summed E-state index contributed by atoms with van der Waals surface area (Å²) in [6.45, 7) is 5.89. The highest BCUT2D eigenvalue weighted by Crippen LogP contribution is 2.32. The Bertz CT molecular complexity index is 1030. The van der Waals surface area contributed by atoms with Crippen molar-refractivity contribution in [3.63, 3.8) is 0 Å². The summed E-state index contributed by atoms with van der Waals surface area (Å²) in [5, 5.41) is 9.29. The zero-order valence-electron chi connectivity index (χ0n) is 13.6. The SMILES string of the molecule is C=CCOc1ccc(C)cc1-c1cc(=O)c2cc(C(=O)O)ccc2o1. The van der Waals surface area contributed by atoms with Crippen molar-refractivity contribution in [3.8, 4) is 17.1 Å². The molecule has 3 aromatic rings. The van der Waals surface area contributed by atoms with E-state index < -0.39 is 5.97 Å². The third kappa shape index (κ3) is 3.30. The average Bonchev–Trinajstić information content (AvgIpc) is 2.60. The van der Waals surface area contributed by atoms with E-state index >= 15 is 0 Å². The Kier molecular flexibility index (Phi) is 4.39. The zero-order chi connectivity index (χ0) is 18.0. The van der Waals surface area contributed by atoms with Gasteiger partial charge < -0.3 is 14.3 Å².